The zero-order valence-electron chi connectivity index (χ0n) is 18.0. The van der Waals surface area contributed by atoms with Gasteiger partial charge >= 0.3 is 5.97 Å². The Morgan fingerprint density at radius 2 is 1.79 bits per heavy atom. The van der Waals surface area contributed by atoms with Gasteiger partial charge in [0.2, 0.25) is 0 Å². The fourth-order valence-corrected chi connectivity index (χ4v) is 3.68. The lowest BCUT2D eigenvalue weighted by Crippen LogP contribution is -2.32. The molecular weight excluding hydrogens is 368 g/mol. The second-order valence-corrected chi connectivity index (χ2v) is 8.64. The summed E-state index contributed by atoms with van der Waals surface area (Å²) in [5.41, 5.74) is 5.22. The van der Waals surface area contributed by atoms with Gasteiger partial charge in [0.25, 0.3) is 0 Å². The van der Waals surface area contributed by atoms with Crippen LogP contribution in [0.3, 0.4) is 0 Å². The molecular formula is C23H36N2O2S. The maximum absolute atomic E-state index is 11.5. The Balaban J connectivity index is 2.31. The molecule has 0 amide bonds. The topological polar surface area (TPSA) is 65.1 Å². The van der Waals surface area contributed by atoms with Crippen molar-refractivity contribution >= 4 is 23.5 Å². The molecule has 0 fully saturated rings. The molecule has 3 N–H and O–H groups in total. The molecule has 0 aliphatic carbocycles. The average molecular weight is 405 g/mol. The molecule has 1 unspecified atom stereocenters. The Labute approximate surface area is 174 Å². The predicted octanol–water partition coefficient (Wildman–Crippen LogP) is 6.34. The number of carboxylic acid groups (broad SMARTS) is 1. The molecule has 0 saturated heterocycles. The summed E-state index contributed by atoms with van der Waals surface area (Å²) in [4.78, 5) is 14.5. The SMILES string of the molecule is CC(C)=CCC/C(C)=C/CC/C(C)=C/CSCC(Nc1[nH]ccc1C)C(=O)O. The highest BCUT2D eigenvalue weighted by atomic mass is 32.2. The minimum Gasteiger partial charge on any atom is -0.480 e. The van der Waals surface area contributed by atoms with Crippen molar-refractivity contribution in [2.75, 3.05) is 16.8 Å². The first-order chi connectivity index (χ1) is 13.3. The van der Waals surface area contributed by atoms with Crippen molar-refractivity contribution in [2.45, 2.75) is 66.3 Å². The fourth-order valence-electron chi connectivity index (χ4n) is 2.68. The van der Waals surface area contributed by atoms with Gasteiger partial charge in [-0.25, -0.2) is 4.79 Å². The van der Waals surface area contributed by atoms with E-state index in [9.17, 15) is 9.90 Å². The third-order valence-electron chi connectivity index (χ3n) is 4.53. The lowest BCUT2D eigenvalue weighted by Gasteiger charge is -2.14. The van der Waals surface area contributed by atoms with E-state index in [2.05, 4.69) is 56.2 Å². The molecule has 1 aromatic rings. The Morgan fingerprint density at radius 3 is 2.36 bits per heavy atom. The zero-order chi connectivity index (χ0) is 20.9. The van der Waals surface area contributed by atoms with Gasteiger partial charge < -0.3 is 15.4 Å². The number of aliphatic carboxylic acids is 1. The minimum absolute atomic E-state index is 0.529. The summed E-state index contributed by atoms with van der Waals surface area (Å²) < 4.78 is 0. The van der Waals surface area contributed by atoms with Crippen molar-refractivity contribution in [3.8, 4) is 0 Å². The number of allylic oxidation sites excluding steroid dienone is 5. The monoisotopic (exact) mass is 404 g/mol. The highest BCUT2D eigenvalue weighted by Gasteiger charge is 2.18. The van der Waals surface area contributed by atoms with Crippen LogP contribution in [-0.4, -0.2) is 33.6 Å². The summed E-state index contributed by atoms with van der Waals surface area (Å²) in [6.45, 7) is 10.6. The number of aryl methyl sites for hydroxylation is 1. The van der Waals surface area contributed by atoms with Gasteiger partial charge in [0.05, 0.1) is 0 Å². The summed E-state index contributed by atoms with van der Waals surface area (Å²) >= 11 is 1.64. The van der Waals surface area contributed by atoms with Gasteiger partial charge in [0.15, 0.2) is 0 Å². The molecule has 156 valence electrons. The molecule has 28 heavy (non-hydrogen) atoms. The number of aromatic amines is 1. The summed E-state index contributed by atoms with van der Waals surface area (Å²) in [6.07, 6.45) is 13.0. The molecule has 1 rings (SSSR count). The molecule has 0 bridgehead atoms. The Bertz CT molecular complexity index is 697. The Kier molecular flexibility index (Phi) is 11.5. The third-order valence-corrected chi connectivity index (χ3v) is 5.50. The summed E-state index contributed by atoms with van der Waals surface area (Å²) in [7, 11) is 0. The number of thioether (sulfide) groups is 1. The molecule has 0 aliphatic rings. The number of hydrogen-bond donors (Lipinski definition) is 3. The van der Waals surface area contributed by atoms with Crippen LogP contribution in [0.4, 0.5) is 5.82 Å². The summed E-state index contributed by atoms with van der Waals surface area (Å²) in [5.74, 6) is 1.33. The van der Waals surface area contributed by atoms with E-state index in [1.165, 1.54) is 16.7 Å². The van der Waals surface area contributed by atoms with Crippen molar-refractivity contribution in [2.24, 2.45) is 0 Å². The van der Waals surface area contributed by atoms with Crippen LogP contribution in [0.15, 0.2) is 47.2 Å². The van der Waals surface area contributed by atoms with Crippen molar-refractivity contribution in [3.05, 3.63) is 52.8 Å². The van der Waals surface area contributed by atoms with Gasteiger partial charge in [0.1, 0.15) is 11.9 Å². The van der Waals surface area contributed by atoms with Gasteiger partial charge in [-0.3, -0.25) is 0 Å². The van der Waals surface area contributed by atoms with Gasteiger partial charge in [-0.1, -0.05) is 34.9 Å². The predicted molar refractivity (Wildman–Crippen MR) is 123 cm³/mol. The maximum Gasteiger partial charge on any atom is 0.327 e. The highest BCUT2D eigenvalue weighted by molar-refractivity contribution is 7.99. The number of nitrogens with one attached hydrogen (secondary N) is 2. The lowest BCUT2D eigenvalue weighted by atomic mass is 10.1. The molecule has 0 radical (unpaired) electrons. The molecule has 0 spiro atoms. The van der Waals surface area contributed by atoms with Crippen molar-refractivity contribution in [3.63, 3.8) is 0 Å². The number of rotatable bonds is 13. The van der Waals surface area contributed by atoms with Crippen LogP contribution >= 0.6 is 11.8 Å². The van der Waals surface area contributed by atoms with Gasteiger partial charge in [0, 0.05) is 17.7 Å². The number of carboxylic acids is 1. The van der Waals surface area contributed by atoms with Crippen LogP contribution in [0.25, 0.3) is 0 Å². The van der Waals surface area contributed by atoms with E-state index < -0.39 is 12.0 Å². The second-order valence-electron chi connectivity index (χ2n) is 7.57. The van der Waals surface area contributed by atoms with Crippen molar-refractivity contribution in [1.29, 1.82) is 0 Å². The van der Waals surface area contributed by atoms with E-state index in [4.69, 9.17) is 0 Å². The Hall–Kier alpha value is -1.88. The standard InChI is InChI=1S/C23H36N2O2S/c1-17(2)8-6-9-18(3)10-7-11-19(4)13-15-28-16-21(23(26)27)25-22-20(5)12-14-24-22/h8,10,12-14,21,24-25H,6-7,9,11,15-16H2,1-5H3,(H,26,27)/b18-10+,19-13+. The highest BCUT2D eigenvalue weighted by Crippen LogP contribution is 2.16. The van der Waals surface area contributed by atoms with E-state index in [0.717, 1.165) is 42.8 Å². The zero-order valence-corrected chi connectivity index (χ0v) is 18.8. The molecule has 5 heteroatoms. The minimum atomic E-state index is -0.823. The number of carbonyl (C=O) groups is 1. The molecule has 1 atom stereocenters. The van der Waals surface area contributed by atoms with E-state index in [1.807, 2.05) is 19.2 Å². The largest absolute Gasteiger partial charge is 0.480 e. The first-order valence-electron chi connectivity index (χ1n) is 9.95. The van der Waals surface area contributed by atoms with Crippen molar-refractivity contribution < 1.29 is 9.90 Å². The molecule has 4 nitrogen and oxygen atoms in total. The molecule has 0 aromatic carbocycles. The van der Waals surface area contributed by atoms with Gasteiger partial charge in [-0.15, -0.1) is 0 Å². The van der Waals surface area contributed by atoms with E-state index in [1.54, 1.807) is 11.8 Å². The van der Waals surface area contributed by atoms with E-state index in [0.29, 0.717) is 5.75 Å². The van der Waals surface area contributed by atoms with Crippen LogP contribution in [0.1, 0.15) is 58.9 Å². The molecule has 1 aromatic heterocycles. The van der Waals surface area contributed by atoms with Crippen LogP contribution in [0.2, 0.25) is 0 Å². The summed E-state index contributed by atoms with van der Waals surface area (Å²) in [5, 5.41) is 12.5. The van der Waals surface area contributed by atoms with Crippen LogP contribution in [0, 0.1) is 6.92 Å². The fraction of sp³-hybridized carbons (Fsp3) is 0.522. The second kappa shape index (κ2) is 13.3. The quantitative estimate of drug-likeness (QED) is 0.265. The third kappa shape index (κ3) is 10.5. The van der Waals surface area contributed by atoms with Crippen LogP contribution < -0.4 is 5.32 Å². The number of hydrogen-bond acceptors (Lipinski definition) is 3. The van der Waals surface area contributed by atoms with Crippen LogP contribution in [-0.2, 0) is 4.79 Å². The van der Waals surface area contributed by atoms with Crippen LogP contribution in [0.5, 0.6) is 0 Å². The molecule has 0 aliphatic heterocycles. The molecule has 0 saturated carbocycles. The van der Waals surface area contributed by atoms with E-state index >= 15 is 0 Å². The molecule has 1 heterocycles. The Morgan fingerprint density at radius 1 is 1.14 bits per heavy atom. The normalized spacial score (nSPS) is 13.3. The summed E-state index contributed by atoms with van der Waals surface area (Å²) in [6, 6.07) is 1.33. The number of H-pyrrole nitrogens is 1. The smallest absolute Gasteiger partial charge is 0.327 e. The van der Waals surface area contributed by atoms with E-state index in [-0.39, 0.29) is 0 Å². The number of anilines is 1. The average Bonchev–Trinajstić information content (AvgIpc) is 3.01. The van der Waals surface area contributed by atoms with Gasteiger partial charge in [-0.05, 0) is 71.9 Å². The first kappa shape index (κ1) is 24.2. The lowest BCUT2D eigenvalue weighted by molar-refractivity contribution is -0.137. The maximum atomic E-state index is 11.5. The first-order valence-corrected chi connectivity index (χ1v) is 11.1. The van der Waals surface area contributed by atoms with Crippen molar-refractivity contribution in [1.82, 2.24) is 4.98 Å². The van der Waals surface area contributed by atoms with Gasteiger partial charge in [-0.2, -0.15) is 11.8 Å². The number of aromatic nitrogens is 1.